The van der Waals surface area contributed by atoms with Crippen LogP contribution in [0.25, 0.3) is 0 Å². The highest BCUT2D eigenvalue weighted by Crippen LogP contribution is 2.19. The number of halogens is 3. The highest BCUT2D eigenvalue weighted by molar-refractivity contribution is 7.98. The Bertz CT molecular complexity index is 367. The van der Waals surface area contributed by atoms with E-state index in [4.69, 9.17) is 16.7 Å². The number of thioether (sulfide) groups is 1. The van der Waals surface area contributed by atoms with E-state index in [0.29, 0.717) is 5.16 Å². The van der Waals surface area contributed by atoms with Gasteiger partial charge < -0.3 is 10.4 Å². The molecular weight excluding hydrogens is 260 g/mol. The number of anilines is 1. The molecule has 0 spiro atoms. The van der Waals surface area contributed by atoms with Gasteiger partial charge in [0.25, 0.3) is 5.92 Å². The monoisotopic (exact) mass is 269 g/mol. The first-order valence-corrected chi connectivity index (χ1v) is 5.88. The smallest absolute Gasteiger partial charge is 0.287 e. The first kappa shape index (κ1) is 13.4. The van der Waals surface area contributed by atoms with Crippen LogP contribution in [0.2, 0.25) is 5.15 Å². The topological polar surface area (TPSA) is 58.0 Å². The summed E-state index contributed by atoms with van der Waals surface area (Å²) in [4.78, 5) is 7.79. The van der Waals surface area contributed by atoms with Gasteiger partial charge in [-0.25, -0.2) is 18.7 Å². The van der Waals surface area contributed by atoms with E-state index in [9.17, 15) is 8.78 Å². The van der Waals surface area contributed by atoms with Crippen molar-refractivity contribution in [2.75, 3.05) is 24.7 Å². The summed E-state index contributed by atoms with van der Waals surface area (Å²) in [5.74, 6) is -2.98. The molecule has 0 amide bonds. The standard InChI is InChI=1S/C8H10ClF2N3OS/c1-16-7-13-5(9)2-6(14-7)12-3-8(10,11)4-15/h2,15H,3-4H2,1H3,(H,12,13,14). The lowest BCUT2D eigenvalue weighted by atomic mass is 10.3. The van der Waals surface area contributed by atoms with Crippen molar-refractivity contribution in [3.05, 3.63) is 11.2 Å². The summed E-state index contributed by atoms with van der Waals surface area (Å²) in [5, 5.41) is 11.3. The van der Waals surface area contributed by atoms with Gasteiger partial charge in [-0.1, -0.05) is 23.4 Å². The molecule has 0 radical (unpaired) electrons. The van der Waals surface area contributed by atoms with Crippen molar-refractivity contribution in [2.45, 2.75) is 11.1 Å². The zero-order chi connectivity index (χ0) is 12.2. The predicted octanol–water partition coefficient (Wildman–Crippen LogP) is 1.89. The number of alkyl halides is 2. The normalized spacial score (nSPS) is 11.6. The number of aromatic nitrogens is 2. The average Bonchev–Trinajstić information content (AvgIpc) is 2.26. The quantitative estimate of drug-likeness (QED) is 0.486. The molecule has 0 bridgehead atoms. The second-order valence-electron chi connectivity index (χ2n) is 2.93. The van der Waals surface area contributed by atoms with E-state index in [1.54, 1.807) is 6.26 Å². The SMILES string of the molecule is CSc1nc(Cl)cc(NCC(F)(F)CO)n1. The van der Waals surface area contributed by atoms with Crippen LogP contribution >= 0.6 is 23.4 Å². The minimum atomic E-state index is -3.18. The largest absolute Gasteiger partial charge is 0.390 e. The van der Waals surface area contributed by atoms with Crippen molar-refractivity contribution in [3.63, 3.8) is 0 Å². The number of aliphatic hydroxyl groups excluding tert-OH is 1. The van der Waals surface area contributed by atoms with Crippen molar-refractivity contribution < 1.29 is 13.9 Å². The van der Waals surface area contributed by atoms with Crippen molar-refractivity contribution in [1.82, 2.24) is 9.97 Å². The molecule has 0 atom stereocenters. The lowest BCUT2D eigenvalue weighted by molar-refractivity contribution is -0.0373. The van der Waals surface area contributed by atoms with E-state index in [1.807, 2.05) is 0 Å². The second-order valence-corrected chi connectivity index (χ2v) is 4.09. The Labute approximate surface area is 100 Å². The van der Waals surface area contributed by atoms with E-state index < -0.39 is 19.1 Å². The molecule has 2 N–H and O–H groups in total. The van der Waals surface area contributed by atoms with Crippen LogP contribution in [0.5, 0.6) is 0 Å². The van der Waals surface area contributed by atoms with Crippen LogP contribution in [-0.4, -0.2) is 40.4 Å². The Balaban J connectivity index is 2.70. The molecule has 0 aromatic carbocycles. The maximum absolute atomic E-state index is 12.7. The molecule has 0 aliphatic heterocycles. The Morgan fingerprint density at radius 2 is 2.25 bits per heavy atom. The number of hydrogen-bond donors (Lipinski definition) is 2. The molecular formula is C8H10ClF2N3OS. The van der Waals surface area contributed by atoms with Gasteiger partial charge in [-0.05, 0) is 6.26 Å². The highest BCUT2D eigenvalue weighted by Gasteiger charge is 2.27. The fraction of sp³-hybridized carbons (Fsp3) is 0.500. The van der Waals surface area contributed by atoms with Crippen LogP contribution in [0, 0.1) is 0 Å². The van der Waals surface area contributed by atoms with Gasteiger partial charge in [-0.2, -0.15) is 0 Å². The van der Waals surface area contributed by atoms with Crippen LogP contribution in [0.1, 0.15) is 0 Å². The zero-order valence-electron chi connectivity index (χ0n) is 8.38. The average molecular weight is 270 g/mol. The number of rotatable bonds is 5. The van der Waals surface area contributed by atoms with Crippen molar-refractivity contribution in [2.24, 2.45) is 0 Å². The number of nitrogens with zero attached hydrogens (tertiary/aromatic N) is 2. The Kier molecular flexibility index (Phi) is 4.69. The molecule has 0 aliphatic carbocycles. The van der Waals surface area contributed by atoms with Gasteiger partial charge in [0.15, 0.2) is 5.16 Å². The lowest BCUT2D eigenvalue weighted by Crippen LogP contribution is -2.31. The summed E-state index contributed by atoms with van der Waals surface area (Å²) in [6, 6.07) is 1.34. The summed E-state index contributed by atoms with van der Waals surface area (Å²) in [6.07, 6.45) is 1.75. The number of nitrogens with one attached hydrogen (secondary N) is 1. The van der Waals surface area contributed by atoms with Crippen LogP contribution in [-0.2, 0) is 0 Å². The third kappa shape index (κ3) is 4.07. The molecule has 1 aromatic heterocycles. The van der Waals surface area contributed by atoms with E-state index in [-0.39, 0.29) is 11.0 Å². The summed E-state index contributed by atoms with van der Waals surface area (Å²) >= 11 is 6.92. The van der Waals surface area contributed by atoms with Crippen LogP contribution in [0.3, 0.4) is 0 Å². The summed E-state index contributed by atoms with van der Waals surface area (Å²) < 4.78 is 25.5. The first-order valence-electron chi connectivity index (χ1n) is 4.28. The molecule has 0 saturated heterocycles. The van der Waals surface area contributed by atoms with Crippen LogP contribution in [0.15, 0.2) is 11.2 Å². The molecule has 4 nitrogen and oxygen atoms in total. The second kappa shape index (κ2) is 5.60. The molecule has 0 aliphatic rings. The zero-order valence-corrected chi connectivity index (χ0v) is 9.95. The summed E-state index contributed by atoms with van der Waals surface area (Å²) in [7, 11) is 0. The minimum Gasteiger partial charge on any atom is -0.390 e. The van der Waals surface area contributed by atoms with E-state index in [0.717, 1.165) is 0 Å². The highest BCUT2D eigenvalue weighted by atomic mass is 35.5. The van der Waals surface area contributed by atoms with Gasteiger partial charge in [0.2, 0.25) is 0 Å². The van der Waals surface area contributed by atoms with Crippen molar-refractivity contribution >= 4 is 29.2 Å². The van der Waals surface area contributed by atoms with Gasteiger partial charge in [-0.15, -0.1) is 0 Å². The lowest BCUT2D eigenvalue weighted by Gasteiger charge is -2.14. The Morgan fingerprint density at radius 1 is 1.56 bits per heavy atom. The maximum Gasteiger partial charge on any atom is 0.287 e. The predicted molar refractivity (Wildman–Crippen MR) is 59.3 cm³/mol. The molecule has 1 rings (SSSR count). The summed E-state index contributed by atoms with van der Waals surface area (Å²) in [6.45, 7) is -1.92. The van der Waals surface area contributed by atoms with Crippen molar-refractivity contribution in [3.8, 4) is 0 Å². The third-order valence-corrected chi connectivity index (χ3v) is 2.36. The molecule has 0 saturated carbocycles. The Hall–Kier alpha value is -0.660. The van der Waals surface area contributed by atoms with Crippen LogP contribution < -0.4 is 5.32 Å². The van der Waals surface area contributed by atoms with Crippen LogP contribution in [0.4, 0.5) is 14.6 Å². The fourth-order valence-corrected chi connectivity index (χ4v) is 1.47. The minimum absolute atomic E-state index is 0.175. The van der Waals surface area contributed by atoms with E-state index in [1.165, 1.54) is 17.8 Å². The van der Waals surface area contributed by atoms with Crippen molar-refractivity contribution in [1.29, 1.82) is 0 Å². The van der Waals surface area contributed by atoms with Gasteiger partial charge in [0.05, 0.1) is 6.54 Å². The van der Waals surface area contributed by atoms with E-state index >= 15 is 0 Å². The molecule has 1 heterocycles. The summed E-state index contributed by atoms with van der Waals surface area (Å²) in [5.41, 5.74) is 0. The maximum atomic E-state index is 12.7. The molecule has 1 aromatic rings. The van der Waals surface area contributed by atoms with E-state index in [2.05, 4.69) is 15.3 Å². The number of hydrogen-bond acceptors (Lipinski definition) is 5. The van der Waals surface area contributed by atoms with Gasteiger partial charge in [-0.3, -0.25) is 0 Å². The van der Waals surface area contributed by atoms with Gasteiger partial charge in [0.1, 0.15) is 17.6 Å². The first-order chi connectivity index (χ1) is 7.46. The van der Waals surface area contributed by atoms with Gasteiger partial charge >= 0.3 is 0 Å². The molecule has 0 fully saturated rings. The fourth-order valence-electron chi connectivity index (χ4n) is 0.854. The molecule has 90 valence electrons. The van der Waals surface area contributed by atoms with Gasteiger partial charge in [0, 0.05) is 6.07 Å². The third-order valence-electron chi connectivity index (χ3n) is 1.62. The molecule has 8 heteroatoms. The molecule has 0 unspecified atom stereocenters. The Morgan fingerprint density at radius 3 is 2.81 bits per heavy atom. The number of aliphatic hydroxyl groups is 1. The molecule has 16 heavy (non-hydrogen) atoms.